The first-order valence-corrected chi connectivity index (χ1v) is 5.12. The van der Waals surface area contributed by atoms with Crippen molar-refractivity contribution in [3.8, 4) is 5.75 Å². The third-order valence-corrected chi connectivity index (χ3v) is 3.24. The first-order chi connectivity index (χ1) is 6.24. The number of hydrogen-bond donors (Lipinski definition) is 1. The molecule has 2 rings (SSSR count). The number of methoxy groups -OCH3 is 1. The molecule has 0 fully saturated rings. The standard InChI is InChI=1S/C10H12BrNO/c1-6-10-7(5-12-6)8(11)3-4-9(10)13-2/h3-4,6,12H,5H2,1-2H3. The summed E-state index contributed by atoms with van der Waals surface area (Å²) in [5.74, 6) is 0.982. The fraction of sp³-hybridized carbons (Fsp3) is 0.400. The van der Waals surface area contributed by atoms with Crippen LogP contribution in [0.3, 0.4) is 0 Å². The van der Waals surface area contributed by atoms with E-state index in [2.05, 4.69) is 28.2 Å². The molecule has 1 aliphatic rings. The number of nitrogens with one attached hydrogen (secondary N) is 1. The van der Waals surface area contributed by atoms with Gasteiger partial charge in [-0.2, -0.15) is 0 Å². The maximum Gasteiger partial charge on any atom is 0.124 e. The van der Waals surface area contributed by atoms with E-state index in [1.807, 2.05) is 12.1 Å². The number of hydrogen-bond acceptors (Lipinski definition) is 2. The topological polar surface area (TPSA) is 21.3 Å². The van der Waals surface area contributed by atoms with E-state index in [1.54, 1.807) is 7.11 Å². The number of fused-ring (bicyclic) bond motifs is 1. The van der Waals surface area contributed by atoms with E-state index in [0.717, 1.165) is 12.3 Å². The van der Waals surface area contributed by atoms with Crippen molar-refractivity contribution in [2.45, 2.75) is 19.5 Å². The summed E-state index contributed by atoms with van der Waals surface area (Å²) in [6.07, 6.45) is 0. The zero-order valence-electron chi connectivity index (χ0n) is 7.73. The van der Waals surface area contributed by atoms with Gasteiger partial charge in [-0.05, 0) is 24.6 Å². The van der Waals surface area contributed by atoms with E-state index in [4.69, 9.17) is 4.74 Å². The van der Waals surface area contributed by atoms with E-state index in [1.165, 1.54) is 15.6 Å². The number of rotatable bonds is 1. The fourth-order valence-electron chi connectivity index (χ4n) is 1.81. The van der Waals surface area contributed by atoms with Gasteiger partial charge >= 0.3 is 0 Å². The molecule has 3 heteroatoms. The lowest BCUT2D eigenvalue weighted by Crippen LogP contribution is -2.07. The first-order valence-electron chi connectivity index (χ1n) is 4.32. The maximum atomic E-state index is 5.32. The quantitative estimate of drug-likeness (QED) is 0.817. The second kappa shape index (κ2) is 3.31. The molecule has 2 nitrogen and oxygen atoms in total. The molecule has 0 aliphatic carbocycles. The predicted octanol–water partition coefficient (Wildman–Crippen LogP) is 2.62. The minimum atomic E-state index is 0.391. The zero-order chi connectivity index (χ0) is 9.42. The average molecular weight is 242 g/mol. The van der Waals surface area contributed by atoms with Crippen LogP contribution in [0.15, 0.2) is 16.6 Å². The second-order valence-corrected chi connectivity index (χ2v) is 4.10. The highest BCUT2D eigenvalue weighted by Gasteiger charge is 2.23. The molecule has 0 saturated heterocycles. The van der Waals surface area contributed by atoms with Crippen molar-refractivity contribution in [2.75, 3.05) is 7.11 Å². The molecule has 1 aromatic rings. The molecule has 0 saturated carbocycles. The van der Waals surface area contributed by atoms with Gasteiger partial charge in [0, 0.05) is 22.6 Å². The SMILES string of the molecule is COc1ccc(Br)c2c1C(C)NC2. The third-order valence-electron chi connectivity index (χ3n) is 2.50. The Labute approximate surface area is 86.4 Å². The Bertz CT molecular complexity index is 338. The highest BCUT2D eigenvalue weighted by Crippen LogP contribution is 2.37. The van der Waals surface area contributed by atoms with Gasteiger partial charge < -0.3 is 10.1 Å². The second-order valence-electron chi connectivity index (χ2n) is 3.24. The average Bonchev–Trinajstić information content (AvgIpc) is 2.51. The van der Waals surface area contributed by atoms with E-state index in [0.29, 0.717) is 6.04 Å². The molecule has 0 aromatic heterocycles. The van der Waals surface area contributed by atoms with Gasteiger partial charge in [0.15, 0.2) is 0 Å². The third kappa shape index (κ3) is 1.36. The van der Waals surface area contributed by atoms with Gasteiger partial charge in [0.25, 0.3) is 0 Å². The predicted molar refractivity (Wildman–Crippen MR) is 55.9 cm³/mol. The molecule has 1 N–H and O–H groups in total. The molecule has 0 spiro atoms. The summed E-state index contributed by atoms with van der Waals surface area (Å²) in [7, 11) is 1.72. The van der Waals surface area contributed by atoms with Crippen LogP contribution < -0.4 is 10.1 Å². The van der Waals surface area contributed by atoms with Crippen LogP contribution in [0, 0.1) is 0 Å². The highest BCUT2D eigenvalue weighted by atomic mass is 79.9. The largest absolute Gasteiger partial charge is 0.496 e. The van der Waals surface area contributed by atoms with Crippen molar-refractivity contribution in [3.63, 3.8) is 0 Å². The minimum Gasteiger partial charge on any atom is -0.496 e. The lowest BCUT2D eigenvalue weighted by molar-refractivity contribution is 0.406. The summed E-state index contributed by atoms with van der Waals surface area (Å²) in [6, 6.07) is 4.44. The van der Waals surface area contributed by atoms with E-state index in [-0.39, 0.29) is 0 Å². The van der Waals surface area contributed by atoms with Crippen LogP contribution in [0.4, 0.5) is 0 Å². The van der Waals surface area contributed by atoms with Gasteiger partial charge in [-0.15, -0.1) is 0 Å². The normalized spacial score (nSPS) is 20.1. The van der Waals surface area contributed by atoms with Crippen LogP contribution in [0.5, 0.6) is 5.75 Å². The number of halogens is 1. The van der Waals surface area contributed by atoms with Crippen molar-refractivity contribution in [2.24, 2.45) is 0 Å². The molecule has 0 radical (unpaired) electrons. The van der Waals surface area contributed by atoms with Crippen LogP contribution in [0.2, 0.25) is 0 Å². The van der Waals surface area contributed by atoms with Crippen LogP contribution >= 0.6 is 15.9 Å². The Kier molecular flexibility index (Phi) is 2.30. The molecule has 1 atom stereocenters. The van der Waals surface area contributed by atoms with Crippen molar-refractivity contribution in [1.82, 2.24) is 5.32 Å². The first kappa shape index (κ1) is 9.03. The van der Waals surface area contributed by atoms with Crippen LogP contribution in [0.1, 0.15) is 24.1 Å². The van der Waals surface area contributed by atoms with Crippen molar-refractivity contribution < 1.29 is 4.74 Å². The minimum absolute atomic E-state index is 0.391. The van der Waals surface area contributed by atoms with Crippen LogP contribution in [-0.2, 0) is 6.54 Å². The lowest BCUT2D eigenvalue weighted by atomic mass is 10.1. The Morgan fingerprint density at radius 2 is 2.31 bits per heavy atom. The number of benzene rings is 1. The van der Waals surface area contributed by atoms with Gasteiger partial charge in [-0.1, -0.05) is 15.9 Å². The van der Waals surface area contributed by atoms with Crippen LogP contribution in [-0.4, -0.2) is 7.11 Å². The monoisotopic (exact) mass is 241 g/mol. The Balaban J connectivity index is 2.60. The maximum absolute atomic E-state index is 5.32. The Hall–Kier alpha value is -0.540. The van der Waals surface area contributed by atoms with E-state index < -0.39 is 0 Å². The molecule has 0 amide bonds. The molecule has 13 heavy (non-hydrogen) atoms. The summed E-state index contributed by atoms with van der Waals surface area (Å²) in [5, 5.41) is 3.39. The molecule has 1 aromatic carbocycles. The van der Waals surface area contributed by atoms with Gasteiger partial charge in [0.05, 0.1) is 7.11 Å². The highest BCUT2D eigenvalue weighted by molar-refractivity contribution is 9.10. The molecule has 1 unspecified atom stereocenters. The lowest BCUT2D eigenvalue weighted by Gasteiger charge is -2.11. The van der Waals surface area contributed by atoms with Crippen molar-refractivity contribution in [1.29, 1.82) is 0 Å². The van der Waals surface area contributed by atoms with Crippen molar-refractivity contribution >= 4 is 15.9 Å². The summed E-state index contributed by atoms with van der Waals surface area (Å²) in [4.78, 5) is 0. The fourth-order valence-corrected chi connectivity index (χ4v) is 2.29. The van der Waals surface area contributed by atoms with E-state index >= 15 is 0 Å². The van der Waals surface area contributed by atoms with Gasteiger partial charge in [0.2, 0.25) is 0 Å². The van der Waals surface area contributed by atoms with Gasteiger partial charge in [0.1, 0.15) is 5.75 Å². The molecule has 1 aliphatic heterocycles. The molecule has 70 valence electrons. The van der Waals surface area contributed by atoms with Gasteiger partial charge in [-0.3, -0.25) is 0 Å². The molecular formula is C10H12BrNO. The summed E-state index contributed by atoms with van der Waals surface area (Å²) in [5.41, 5.74) is 2.61. The summed E-state index contributed by atoms with van der Waals surface area (Å²) >= 11 is 3.54. The Morgan fingerprint density at radius 3 is 3.00 bits per heavy atom. The van der Waals surface area contributed by atoms with Crippen LogP contribution in [0.25, 0.3) is 0 Å². The van der Waals surface area contributed by atoms with Crippen molar-refractivity contribution in [3.05, 3.63) is 27.7 Å². The Morgan fingerprint density at radius 1 is 1.54 bits per heavy atom. The molecule has 0 bridgehead atoms. The van der Waals surface area contributed by atoms with E-state index in [9.17, 15) is 0 Å². The zero-order valence-corrected chi connectivity index (χ0v) is 9.31. The number of ether oxygens (including phenoxy) is 1. The summed E-state index contributed by atoms with van der Waals surface area (Å²) in [6.45, 7) is 3.08. The van der Waals surface area contributed by atoms with Gasteiger partial charge in [-0.25, -0.2) is 0 Å². The summed E-state index contributed by atoms with van der Waals surface area (Å²) < 4.78 is 6.49. The molecular weight excluding hydrogens is 230 g/mol. The smallest absolute Gasteiger partial charge is 0.124 e. The molecule has 1 heterocycles.